The van der Waals surface area contributed by atoms with E-state index in [0.717, 1.165) is 29.4 Å². The van der Waals surface area contributed by atoms with Gasteiger partial charge in [-0.1, -0.05) is 36.4 Å². The van der Waals surface area contributed by atoms with Gasteiger partial charge >= 0.3 is 0 Å². The molecule has 2 aromatic rings. The third kappa shape index (κ3) is 1.33. The van der Waals surface area contributed by atoms with Gasteiger partial charge in [0, 0.05) is 16.7 Å². The topological polar surface area (TPSA) is 26.0 Å². The number of benzene rings is 2. The Labute approximate surface area is 137 Å². The van der Waals surface area contributed by atoms with Crippen molar-refractivity contribution in [1.82, 2.24) is 0 Å². The first kappa shape index (κ1) is 12.6. The maximum absolute atomic E-state index is 6.46. The van der Waals surface area contributed by atoms with E-state index in [1.165, 1.54) is 43.2 Å². The Hall–Kier alpha value is -1.76. The summed E-state index contributed by atoms with van der Waals surface area (Å²) in [6.07, 6.45) is 7.27. The lowest BCUT2D eigenvalue weighted by Crippen LogP contribution is -2.55. The molecule has 1 nitrogen and oxygen atoms in total. The molecule has 0 saturated heterocycles. The maximum Gasteiger partial charge on any atom is 0.0396 e. The number of rotatable bonds is 0. The second-order valence-electron chi connectivity index (χ2n) is 8.49. The van der Waals surface area contributed by atoms with Gasteiger partial charge < -0.3 is 5.73 Å². The monoisotopic (exact) mass is 301 g/mol. The number of hydrogen-bond donors (Lipinski definition) is 1. The highest BCUT2D eigenvalue weighted by Crippen LogP contribution is 2.69. The standard InChI is InChI=1S/C22H23N/c23-20-7-3-6-19-21(20)17-4-1-2-5-18(17)22(19)15-9-13-8-14(11-15)12-16(22)10-13/h1-7,13-16H,8-12,23H2. The fourth-order valence-electron chi connectivity index (χ4n) is 7.23. The zero-order valence-corrected chi connectivity index (χ0v) is 13.5. The molecule has 0 aliphatic heterocycles. The van der Waals surface area contributed by atoms with Crippen LogP contribution in [0.5, 0.6) is 0 Å². The number of fused-ring (bicyclic) bond motifs is 3. The van der Waals surface area contributed by atoms with Crippen molar-refractivity contribution in [3.63, 3.8) is 0 Å². The van der Waals surface area contributed by atoms with Crippen LogP contribution >= 0.6 is 0 Å². The Bertz CT molecular complexity index is 790. The van der Waals surface area contributed by atoms with Crippen LogP contribution in [0.25, 0.3) is 11.1 Å². The molecule has 116 valence electrons. The summed E-state index contributed by atoms with van der Waals surface area (Å²) in [7, 11) is 0. The predicted molar refractivity (Wildman–Crippen MR) is 94.1 cm³/mol. The fraction of sp³-hybridized carbons (Fsp3) is 0.455. The van der Waals surface area contributed by atoms with Crippen LogP contribution in [0.3, 0.4) is 0 Å². The van der Waals surface area contributed by atoms with Gasteiger partial charge in [-0.25, -0.2) is 0 Å². The minimum atomic E-state index is 0.273. The third-order valence-corrected chi connectivity index (χ3v) is 7.61. The van der Waals surface area contributed by atoms with Gasteiger partial charge in [0.05, 0.1) is 0 Å². The van der Waals surface area contributed by atoms with E-state index in [-0.39, 0.29) is 5.41 Å². The normalized spacial score (nSPS) is 38.8. The average molecular weight is 301 g/mol. The summed E-state index contributed by atoms with van der Waals surface area (Å²) in [5.41, 5.74) is 13.7. The smallest absolute Gasteiger partial charge is 0.0396 e. The van der Waals surface area contributed by atoms with Crippen LogP contribution in [0.4, 0.5) is 5.69 Å². The molecular formula is C22H23N. The molecule has 2 N–H and O–H groups in total. The molecule has 1 spiro atoms. The molecule has 0 aromatic heterocycles. The third-order valence-electron chi connectivity index (χ3n) is 7.61. The van der Waals surface area contributed by atoms with Crippen molar-refractivity contribution in [2.24, 2.45) is 23.7 Å². The van der Waals surface area contributed by atoms with Crippen molar-refractivity contribution in [2.75, 3.05) is 5.73 Å². The first-order valence-electron chi connectivity index (χ1n) is 9.27. The van der Waals surface area contributed by atoms with E-state index in [1.807, 2.05) is 0 Å². The summed E-state index contributed by atoms with van der Waals surface area (Å²) in [5.74, 6) is 3.67. The van der Waals surface area contributed by atoms with Crippen molar-refractivity contribution in [3.8, 4) is 11.1 Å². The van der Waals surface area contributed by atoms with E-state index < -0.39 is 0 Å². The molecule has 1 heteroatoms. The molecule has 4 bridgehead atoms. The lowest BCUT2D eigenvalue weighted by Gasteiger charge is -2.61. The van der Waals surface area contributed by atoms with Crippen LogP contribution in [0.2, 0.25) is 0 Å². The van der Waals surface area contributed by atoms with E-state index in [2.05, 4.69) is 42.5 Å². The summed E-state index contributed by atoms with van der Waals surface area (Å²) < 4.78 is 0. The Morgan fingerprint density at radius 2 is 1.39 bits per heavy atom. The lowest BCUT2D eigenvalue weighted by molar-refractivity contribution is -0.0399. The number of nitrogen functional groups attached to an aromatic ring is 1. The molecule has 4 saturated carbocycles. The quantitative estimate of drug-likeness (QED) is 0.681. The van der Waals surface area contributed by atoms with Crippen LogP contribution in [0.15, 0.2) is 42.5 Å². The van der Waals surface area contributed by atoms with Crippen molar-refractivity contribution in [2.45, 2.75) is 37.5 Å². The van der Waals surface area contributed by atoms with Crippen LogP contribution in [0, 0.1) is 23.7 Å². The molecular weight excluding hydrogens is 278 g/mol. The van der Waals surface area contributed by atoms with Crippen LogP contribution in [-0.2, 0) is 5.41 Å². The van der Waals surface area contributed by atoms with Crippen LogP contribution in [0.1, 0.15) is 43.2 Å². The predicted octanol–water partition coefficient (Wildman–Crippen LogP) is 4.99. The van der Waals surface area contributed by atoms with Gasteiger partial charge in [-0.2, -0.15) is 0 Å². The zero-order chi connectivity index (χ0) is 15.2. The summed E-state index contributed by atoms with van der Waals surface area (Å²) in [5, 5.41) is 0. The van der Waals surface area contributed by atoms with Crippen molar-refractivity contribution in [3.05, 3.63) is 53.6 Å². The van der Waals surface area contributed by atoms with Gasteiger partial charge in [0.2, 0.25) is 0 Å². The summed E-state index contributed by atoms with van der Waals surface area (Å²) in [6.45, 7) is 0. The molecule has 2 aromatic carbocycles. The van der Waals surface area contributed by atoms with Gasteiger partial charge in [0.15, 0.2) is 0 Å². The van der Waals surface area contributed by atoms with Crippen LogP contribution < -0.4 is 5.73 Å². The van der Waals surface area contributed by atoms with E-state index in [1.54, 1.807) is 11.1 Å². The van der Waals surface area contributed by atoms with Gasteiger partial charge in [-0.3, -0.25) is 0 Å². The second-order valence-corrected chi connectivity index (χ2v) is 8.49. The molecule has 4 fully saturated rings. The first-order chi connectivity index (χ1) is 11.3. The second kappa shape index (κ2) is 4.01. The lowest BCUT2D eigenvalue weighted by atomic mass is 9.43. The Balaban J connectivity index is 1.71. The maximum atomic E-state index is 6.46. The van der Waals surface area contributed by atoms with E-state index >= 15 is 0 Å². The molecule has 0 heterocycles. The van der Waals surface area contributed by atoms with Crippen molar-refractivity contribution in [1.29, 1.82) is 0 Å². The van der Waals surface area contributed by atoms with Gasteiger partial charge in [0.25, 0.3) is 0 Å². The summed E-state index contributed by atoms with van der Waals surface area (Å²) in [4.78, 5) is 0. The Morgan fingerprint density at radius 1 is 0.739 bits per heavy atom. The summed E-state index contributed by atoms with van der Waals surface area (Å²) >= 11 is 0. The SMILES string of the molecule is Nc1cccc2c1-c1ccccc1C21C2CC3CC(C2)CC1C3. The minimum Gasteiger partial charge on any atom is -0.398 e. The molecule has 0 atom stereocenters. The van der Waals surface area contributed by atoms with E-state index in [9.17, 15) is 0 Å². The minimum absolute atomic E-state index is 0.273. The molecule has 0 amide bonds. The molecule has 5 aliphatic carbocycles. The Kier molecular flexibility index (Phi) is 2.20. The van der Waals surface area contributed by atoms with E-state index in [4.69, 9.17) is 5.73 Å². The summed E-state index contributed by atoms with van der Waals surface area (Å²) in [6, 6.07) is 15.8. The van der Waals surface area contributed by atoms with Gasteiger partial charge in [0.1, 0.15) is 0 Å². The number of anilines is 1. The average Bonchev–Trinajstić information content (AvgIpc) is 2.85. The van der Waals surface area contributed by atoms with Gasteiger partial charge in [-0.15, -0.1) is 0 Å². The number of hydrogen-bond acceptors (Lipinski definition) is 1. The fourth-order valence-corrected chi connectivity index (χ4v) is 7.23. The highest BCUT2D eigenvalue weighted by atomic mass is 14.7. The molecule has 7 rings (SSSR count). The van der Waals surface area contributed by atoms with Gasteiger partial charge in [-0.05, 0) is 78.5 Å². The van der Waals surface area contributed by atoms with Crippen molar-refractivity contribution < 1.29 is 0 Å². The first-order valence-corrected chi connectivity index (χ1v) is 9.27. The van der Waals surface area contributed by atoms with Crippen LogP contribution in [-0.4, -0.2) is 0 Å². The Morgan fingerprint density at radius 3 is 2.13 bits per heavy atom. The van der Waals surface area contributed by atoms with E-state index in [0.29, 0.717) is 0 Å². The molecule has 23 heavy (non-hydrogen) atoms. The molecule has 0 unspecified atom stereocenters. The zero-order valence-electron chi connectivity index (χ0n) is 13.5. The highest BCUT2D eigenvalue weighted by molar-refractivity contribution is 5.89. The molecule has 0 radical (unpaired) electrons. The molecule has 5 aliphatic rings. The highest BCUT2D eigenvalue weighted by Gasteiger charge is 2.61. The van der Waals surface area contributed by atoms with Crippen molar-refractivity contribution >= 4 is 5.69 Å². The number of nitrogens with two attached hydrogens (primary N) is 1. The largest absolute Gasteiger partial charge is 0.398 e.